The van der Waals surface area contributed by atoms with E-state index in [1.807, 2.05) is 48.5 Å². The Morgan fingerprint density at radius 2 is 1.43 bits per heavy atom. The number of fused-ring (bicyclic) bond motifs is 1. The first-order valence-electron chi connectivity index (χ1n) is 14.9. The lowest BCUT2D eigenvalue weighted by atomic mass is 9.64. The molecule has 1 amide bonds. The number of nitrogens with two attached hydrogens (primary N) is 1. The Hall–Kier alpha value is -4.13. The standard InChI is InChI=1S/C36H39N3O3/c37-35(40)36(30-7-3-1-4-8-30,31-9-5-2-6-10-31)32-19-22-39(25-32)21-18-28-13-11-27(12-14-28)17-20-38-24-29-15-16-33-34(23-29)42-26-41-33/h1-16,23,32,38H,17-22,24-26H2,(H2,37,40)/t32-/m1/s1. The minimum absolute atomic E-state index is 0.118. The van der Waals surface area contributed by atoms with Crippen LogP contribution in [0.25, 0.3) is 0 Å². The van der Waals surface area contributed by atoms with Gasteiger partial charge < -0.3 is 25.4 Å². The molecule has 0 unspecified atom stereocenters. The predicted molar refractivity (Wildman–Crippen MR) is 166 cm³/mol. The van der Waals surface area contributed by atoms with Crippen LogP contribution in [0.4, 0.5) is 0 Å². The van der Waals surface area contributed by atoms with Crippen molar-refractivity contribution >= 4 is 5.91 Å². The van der Waals surface area contributed by atoms with E-state index in [9.17, 15) is 4.79 Å². The van der Waals surface area contributed by atoms with Gasteiger partial charge in [-0.3, -0.25) is 4.79 Å². The Bertz CT molecular complexity index is 1430. The van der Waals surface area contributed by atoms with Crippen molar-refractivity contribution in [2.75, 3.05) is 33.0 Å². The quantitative estimate of drug-likeness (QED) is 0.236. The first kappa shape index (κ1) is 28.0. The van der Waals surface area contributed by atoms with Crippen LogP contribution in [0.15, 0.2) is 103 Å². The van der Waals surface area contributed by atoms with E-state index < -0.39 is 5.41 Å². The van der Waals surface area contributed by atoms with Gasteiger partial charge in [-0.2, -0.15) is 0 Å². The van der Waals surface area contributed by atoms with Crippen LogP contribution in [-0.2, 0) is 29.6 Å². The van der Waals surface area contributed by atoms with Crippen LogP contribution in [0.5, 0.6) is 11.5 Å². The van der Waals surface area contributed by atoms with Crippen molar-refractivity contribution in [1.82, 2.24) is 10.2 Å². The third-order valence-electron chi connectivity index (χ3n) is 8.83. The molecular weight excluding hydrogens is 522 g/mol. The van der Waals surface area contributed by atoms with Crippen LogP contribution < -0.4 is 20.5 Å². The molecule has 6 rings (SSSR count). The largest absolute Gasteiger partial charge is 0.454 e. The summed E-state index contributed by atoms with van der Waals surface area (Å²) in [5, 5.41) is 3.53. The van der Waals surface area contributed by atoms with Gasteiger partial charge >= 0.3 is 0 Å². The molecule has 1 atom stereocenters. The van der Waals surface area contributed by atoms with Gasteiger partial charge in [-0.1, -0.05) is 91.0 Å². The van der Waals surface area contributed by atoms with Crippen molar-refractivity contribution < 1.29 is 14.3 Å². The number of carbonyl (C=O) groups excluding carboxylic acids is 1. The van der Waals surface area contributed by atoms with Crippen LogP contribution in [-0.4, -0.2) is 43.8 Å². The van der Waals surface area contributed by atoms with Gasteiger partial charge in [-0.15, -0.1) is 0 Å². The third-order valence-corrected chi connectivity index (χ3v) is 8.83. The Morgan fingerprint density at radius 3 is 2.10 bits per heavy atom. The highest BCUT2D eigenvalue weighted by atomic mass is 16.7. The smallest absolute Gasteiger partial charge is 0.232 e. The molecule has 1 saturated heterocycles. The fourth-order valence-electron chi connectivity index (χ4n) is 6.59. The number of likely N-dealkylation sites (tertiary alicyclic amines) is 1. The molecule has 42 heavy (non-hydrogen) atoms. The monoisotopic (exact) mass is 561 g/mol. The van der Waals surface area contributed by atoms with Crippen LogP contribution in [0.2, 0.25) is 0 Å². The maximum atomic E-state index is 13.3. The second kappa shape index (κ2) is 12.8. The molecule has 0 aromatic heterocycles. The second-order valence-electron chi connectivity index (χ2n) is 11.4. The highest BCUT2D eigenvalue weighted by molar-refractivity contribution is 5.91. The average Bonchev–Trinajstić information content (AvgIpc) is 3.70. The summed E-state index contributed by atoms with van der Waals surface area (Å²) < 4.78 is 10.9. The lowest BCUT2D eigenvalue weighted by Gasteiger charge is -2.37. The van der Waals surface area contributed by atoms with Gasteiger partial charge in [0.05, 0.1) is 0 Å². The molecule has 3 N–H and O–H groups in total. The van der Waals surface area contributed by atoms with Gasteiger partial charge in [-0.05, 0) is 78.2 Å². The minimum Gasteiger partial charge on any atom is -0.454 e. The van der Waals surface area contributed by atoms with E-state index in [0.29, 0.717) is 6.79 Å². The fraction of sp³-hybridized carbons (Fsp3) is 0.306. The summed E-state index contributed by atoms with van der Waals surface area (Å²) in [4.78, 5) is 15.8. The lowest BCUT2D eigenvalue weighted by molar-refractivity contribution is -0.123. The van der Waals surface area contributed by atoms with Gasteiger partial charge in [0.1, 0.15) is 5.41 Å². The highest BCUT2D eigenvalue weighted by Gasteiger charge is 2.49. The van der Waals surface area contributed by atoms with E-state index in [2.05, 4.69) is 64.8 Å². The van der Waals surface area contributed by atoms with Crippen molar-refractivity contribution in [2.45, 2.75) is 31.2 Å². The summed E-state index contributed by atoms with van der Waals surface area (Å²) in [5.74, 6) is 1.50. The highest BCUT2D eigenvalue weighted by Crippen LogP contribution is 2.43. The number of hydrogen-bond donors (Lipinski definition) is 2. The number of nitrogens with zero attached hydrogens (tertiary/aromatic N) is 1. The van der Waals surface area contributed by atoms with E-state index in [0.717, 1.165) is 74.6 Å². The number of primary amides is 1. The molecule has 0 radical (unpaired) electrons. The number of hydrogen-bond acceptors (Lipinski definition) is 5. The molecule has 6 nitrogen and oxygen atoms in total. The zero-order valence-electron chi connectivity index (χ0n) is 24.0. The zero-order chi connectivity index (χ0) is 28.8. The average molecular weight is 562 g/mol. The van der Waals surface area contributed by atoms with E-state index in [4.69, 9.17) is 15.2 Å². The van der Waals surface area contributed by atoms with Crippen LogP contribution >= 0.6 is 0 Å². The summed E-state index contributed by atoms with van der Waals surface area (Å²) in [6.07, 6.45) is 2.90. The SMILES string of the molecule is NC(=O)C(c1ccccc1)(c1ccccc1)[C@@H]1CCN(CCc2ccc(CCNCc3ccc4c(c3)OCO4)cc2)C1. The van der Waals surface area contributed by atoms with E-state index >= 15 is 0 Å². The van der Waals surface area contributed by atoms with Crippen molar-refractivity contribution in [2.24, 2.45) is 11.7 Å². The molecule has 0 bridgehead atoms. The molecule has 4 aromatic rings. The van der Waals surface area contributed by atoms with Gasteiger partial charge in [0, 0.05) is 19.6 Å². The summed E-state index contributed by atoms with van der Waals surface area (Å²) in [6, 6.07) is 35.3. The molecule has 0 aliphatic carbocycles. The number of nitrogens with one attached hydrogen (secondary N) is 1. The summed E-state index contributed by atoms with van der Waals surface area (Å²) >= 11 is 0. The molecule has 2 aliphatic heterocycles. The number of amides is 1. The summed E-state index contributed by atoms with van der Waals surface area (Å²) in [7, 11) is 0. The van der Waals surface area contributed by atoms with Gasteiger partial charge in [-0.25, -0.2) is 0 Å². The van der Waals surface area contributed by atoms with E-state index in [1.165, 1.54) is 16.7 Å². The van der Waals surface area contributed by atoms with E-state index in [1.54, 1.807) is 0 Å². The maximum absolute atomic E-state index is 13.3. The minimum atomic E-state index is -0.838. The normalized spacial score (nSPS) is 16.5. The Balaban J connectivity index is 1.02. The second-order valence-corrected chi connectivity index (χ2v) is 11.4. The number of benzene rings is 4. The molecule has 2 aliphatic rings. The summed E-state index contributed by atoms with van der Waals surface area (Å²) in [6.45, 7) is 4.79. The van der Waals surface area contributed by atoms with Gasteiger partial charge in [0.15, 0.2) is 11.5 Å². The molecule has 2 heterocycles. The first-order chi connectivity index (χ1) is 20.6. The molecule has 0 spiro atoms. The van der Waals surface area contributed by atoms with Crippen molar-refractivity contribution in [1.29, 1.82) is 0 Å². The molecule has 0 saturated carbocycles. The molecular formula is C36H39N3O3. The van der Waals surface area contributed by atoms with Crippen molar-refractivity contribution in [3.63, 3.8) is 0 Å². The van der Waals surface area contributed by atoms with Gasteiger partial charge in [0.2, 0.25) is 12.7 Å². The number of carbonyl (C=O) groups is 1. The fourth-order valence-corrected chi connectivity index (χ4v) is 6.59. The van der Waals surface area contributed by atoms with Gasteiger partial charge in [0.25, 0.3) is 0 Å². The Kier molecular flexibility index (Phi) is 8.54. The van der Waals surface area contributed by atoms with Crippen LogP contribution in [0.3, 0.4) is 0 Å². The number of rotatable bonds is 12. The van der Waals surface area contributed by atoms with Crippen molar-refractivity contribution in [3.05, 3.63) is 131 Å². The zero-order valence-corrected chi connectivity index (χ0v) is 24.0. The van der Waals surface area contributed by atoms with Crippen LogP contribution in [0, 0.1) is 5.92 Å². The van der Waals surface area contributed by atoms with Crippen molar-refractivity contribution in [3.8, 4) is 11.5 Å². The van der Waals surface area contributed by atoms with E-state index in [-0.39, 0.29) is 11.8 Å². The van der Waals surface area contributed by atoms with Crippen LogP contribution in [0.1, 0.15) is 34.2 Å². The Labute approximate surface area is 248 Å². The lowest BCUT2D eigenvalue weighted by Crippen LogP contribution is -2.49. The third kappa shape index (κ3) is 5.91. The number of ether oxygens (including phenoxy) is 2. The molecule has 4 aromatic carbocycles. The molecule has 216 valence electrons. The summed E-state index contributed by atoms with van der Waals surface area (Å²) in [5.41, 5.74) is 11.2. The molecule has 1 fully saturated rings. The Morgan fingerprint density at radius 1 is 0.810 bits per heavy atom. The topological polar surface area (TPSA) is 76.8 Å². The predicted octanol–water partition coefficient (Wildman–Crippen LogP) is 5.08. The maximum Gasteiger partial charge on any atom is 0.232 e. The molecule has 6 heteroatoms. The first-order valence-corrected chi connectivity index (χ1v) is 14.9.